The molecule has 1 saturated heterocycles. The summed E-state index contributed by atoms with van der Waals surface area (Å²) in [5.74, 6) is 1.46. The van der Waals surface area contributed by atoms with Crippen molar-refractivity contribution in [1.29, 1.82) is 0 Å². The molecule has 1 aliphatic rings. The molecule has 1 fully saturated rings. The predicted octanol–water partition coefficient (Wildman–Crippen LogP) is 4.80. The van der Waals surface area contributed by atoms with E-state index in [1.54, 1.807) is 12.0 Å². The van der Waals surface area contributed by atoms with Crippen molar-refractivity contribution < 1.29 is 14.3 Å². The van der Waals surface area contributed by atoms with Gasteiger partial charge in [0.05, 0.1) is 18.4 Å². The average molecular weight is 500 g/mol. The van der Waals surface area contributed by atoms with Crippen LogP contribution in [0.3, 0.4) is 0 Å². The Morgan fingerprint density at radius 3 is 2.44 bits per heavy atom. The Labute approximate surface area is 213 Å². The van der Waals surface area contributed by atoms with E-state index in [2.05, 4.69) is 15.5 Å². The topological polar surface area (TPSA) is 89.3 Å². The summed E-state index contributed by atoms with van der Waals surface area (Å²) in [5.41, 5.74) is 3.22. The summed E-state index contributed by atoms with van der Waals surface area (Å²) in [7, 11) is 1.62. The molecule has 0 radical (unpaired) electrons. The van der Waals surface area contributed by atoms with Gasteiger partial charge in [0.1, 0.15) is 5.75 Å². The molecule has 1 aromatic heterocycles. The van der Waals surface area contributed by atoms with Crippen molar-refractivity contribution in [3.8, 4) is 22.8 Å². The Kier molecular flexibility index (Phi) is 6.99. The number of amides is 2. The van der Waals surface area contributed by atoms with Crippen LogP contribution in [0.2, 0.25) is 0 Å². The number of thioether (sulfide) groups is 1. The van der Waals surface area contributed by atoms with Crippen molar-refractivity contribution in [3.63, 3.8) is 0 Å². The minimum Gasteiger partial charge on any atom is -0.496 e. The van der Waals surface area contributed by atoms with Gasteiger partial charge in [-0.3, -0.25) is 14.2 Å². The lowest BCUT2D eigenvalue weighted by atomic mass is 10.2. The summed E-state index contributed by atoms with van der Waals surface area (Å²) in [6, 6.07) is 24.8. The number of carbonyl (C=O) groups excluding carboxylic acids is 2. The first kappa shape index (κ1) is 23.6. The van der Waals surface area contributed by atoms with Crippen LogP contribution in [0.15, 0.2) is 84.0 Å². The van der Waals surface area contributed by atoms with Gasteiger partial charge >= 0.3 is 0 Å². The molecule has 9 heteroatoms. The Balaban J connectivity index is 1.32. The number of anilines is 2. The smallest absolute Gasteiger partial charge is 0.234 e. The number of benzene rings is 3. The third kappa shape index (κ3) is 4.96. The van der Waals surface area contributed by atoms with E-state index in [0.29, 0.717) is 28.8 Å². The Morgan fingerprint density at radius 1 is 0.972 bits per heavy atom. The highest BCUT2D eigenvalue weighted by Crippen LogP contribution is 2.33. The van der Waals surface area contributed by atoms with Crippen molar-refractivity contribution in [2.24, 2.45) is 0 Å². The molecule has 0 unspecified atom stereocenters. The number of nitrogens with zero attached hydrogens (tertiary/aromatic N) is 4. The van der Waals surface area contributed by atoms with E-state index >= 15 is 0 Å². The van der Waals surface area contributed by atoms with Crippen LogP contribution in [-0.4, -0.2) is 46.0 Å². The van der Waals surface area contributed by atoms with Crippen molar-refractivity contribution in [3.05, 3.63) is 78.9 Å². The molecule has 182 valence electrons. The molecule has 3 aromatic carbocycles. The number of methoxy groups -OCH3 is 1. The van der Waals surface area contributed by atoms with Gasteiger partial charge in [-0.05, 0) is 55.0 Å². The number of aromatic nitrogens is 3. The quantitative estimate of drug-likeness (QED) is 0.350. The zero-order valence-electron chi connectivity index (χ0n) is 19.8. The molecule has 5 rings (SSSR count). The van der Waals surface area contributed by atoms with Crippen molar-refractivity contribution in [1.82, 2.24) is 14.8 Å². The molecule has 36 heavy (non-hydrogen) atoms. The van der Waals surface area contributed by atoms with E-state index in [1.807, 2.05) is 83.4 Å². The van der Waals surface area contributed by atoms with Crippen LogP contribution in [0.5, 0.6) is 5.75 Å². The highest BCUT2D eigenvalue weighted by Gasteiger charge is 2.22. The SMILES string of the molecule is COc1ccccc1-c1nnc(SCC(=O)Nc2ccc(N3CCCC3=O)cc2)n1-c1ccccc1. The van der Waals surface area contributed by atoms with Gasteiger partial charge in [0, 0.05) is 30.0 Å². The first-order valence-corrected chi connectivity index (χ1v) is 12.6. The number of ether oxygens (including phenoxy) is 1. The minimum atomic E-state index is -0.161. The van der Waals surface area contributed by atoms with Gasteiger partial charge in [-0.25, -0.2) is 0 Å². The Morgan fingerprint density at radius 2 is 1.72 bits per heavy atom. The van der Waals surface area contributed by atoms with Crippen molar-refractivity contribution in [2.45, 2.75) is 18.0 Å². The molecular weight excluding hydrogens is 474 g/mol. The van der Waals surface area contributed by atoms with Gasteiger partial charge in [-0.2, -0.15) is 0 Å². The molecule has 2 heterocycles. The maximum atomic E-state index is 12.7. The largest absolute Gasteiger partial charge is 0.496 e. The fraction of sp³-hybridized carbons (Fsp3) is 0.185. The number of nitrogens with one attached hydrogen (secondary N) is 1. The van der Waals surface area contributed by atoms with Crippen LogP contribution < -0.4 is 15.0 Å². The molecule has 2 amide bonds. The summed E-state index contributed by atoms with van der Waals surface area (Å²) in [5, 5.41) is 12.3. The van der Waals surface area contributed by atoms with E-state index in [0.717, 1.165) is 29.9 Å². The summed E-state index contributed by atoms with van der Waals surface area (Å²) < 4.78 is 7.47. The molecule has 0 saturated carbocycles. The minimum absolute atomic E-state index is 0.137. The number of carbonyl (C=O) groups is 2. The molecule has 1 aliphatic heterocycles. The van der Waals surface area contributed by atoms with Crippen molar-refractivity contribution >= 4 is 35.0 Å². The van der Waals surface area contributed by atoms with E-state index < -0.39 is 0 Å². The normalized spacial score (nSPS) is 13.1. The summed E-state index contributed by atoms with van der Waals surface area (Å²) in [6.07, 6.45) is 1.46. The van der Waals surface area contributed by atoms with E-state index in [1.165, 1.54) is 11.8 Å². The molecule has 4 aromatic rings. The van der Waals surface area contributed by atoms with Gasteiger partial charge in [0.25, 0.3) is 0 Å². The van der Waals surface area contributed by atoms with Crippen LogP contribution in [0, 0.1) is 0 Å². The maximum absolute atomic E-state index is 12.7. The maximum Gasteiger partial charge on any atom is 0.234 e. The lowest BCUT2D eigenvalue weighted by Gasteiger charge is -2.16. The molecule has 1 N–H and O–H groups in total. The summed E-state index contributed by atoms with van der Waals surface area (Å²) >= 11 is 1.31. The van der Waals surface area contributed by atoms with Crippen LogP contribution >= 0.6 is 11.8 Å². The fourth-order valence-corrected chi connectivity index (χ4v) is 4.90. The van der Waals surface area contributed by atoms with Crippen LogP contribution in [0.4, 0.5) is 11.4 Å². The zero-order chi connectivity index (χ0) is 24.9. The summed E-state index contributed by atoms with van der Waals surface area (Å²) in [4.78, 5) is 26.5. The summed E-state index contributed by atoms with van der Waals surface area (Å²) in [6.45, 7) is 0.736. The lowest BCUT2D eigenvalue weighted by Crippen LogP contribution is -2.23. The van der Waals surface area contributed by atoms with E-state index in [9.17, 15) is 9.59 Å². The molecule has 0 spiro atoms. The number of rotatable bonds is 8. The van der Waals surface area contributed by atoms with Crippen LogP contribution in [0.1, 0.15) is 12.8 Å². The van der Waals surface area contributed by atoms with Gasteiger partial charge in [-0.1, -0.05) is 42.1 Å². The average Bonchev–Trinajstić information content (AvgIpc) is 3.54. The number of hydrogen-bond donors (Lipinski definition) is 1. The van der Waals surface area contributed by atoms with Crippen LogP contribution in [0.25, 0.3) is 17.1 Å². The zero-order valence-corrected chi connectivity index (χ0v) is 20.6. The Bertz CT molecular complexity index is 1370. The second kappa shape index (κ2) is 10.7. The first-order valence-electron chi connectivity index (χ1n) is 11.6. The first-order chi connectivity index (χ1) is 17.6. The van der Waals surface area contributed by atoms with Gasteiger partial charge < -0.3 is 15.0 Å². The highest BCUT2D eigenvalue weighted by atomic mass is 32.2. The predicted molar refractivity (Wildman–Crippen MR) is 141 cm³/mol. The Hall–Kier alpha value is -4.11. The van der Waals surface area contributed by atoms with Crippen molar-refractivity contribution in [2.75, 3.05) is 29.6 Å². The molecule has 0 atom stereocenters. The van der Waals surface area contributed by atoms with Gasteiger partial charge in [0.15, 0.2) is 11.0 Å². The monoisotopic (exact) mass is 499 g/mol. The molecule has 8 nitrogen and oxygen atoms in total. The number of para-hydroxylation sites is 2. The molecule has 0 aliphatic carbocycles. The van der Waals surface area contributed by atoms with E-state index in [-0.39, 0.29) is 17.6 Å². The second-order valence-electron chi connectivity index (χ2n) is 8.21. The standard InChI is InChI=1S/C27H25N5O3S/c1-35-23-11-6-5-10-22(23)26-29-30-27(32(26)21-8-3-2-4-9-21)36-18-24(33)28-19-13-15-20(16-14-19)31-17-7-12-25(31)34/h2-6,8-11,13-16H,7,12,17-18H2,1H3,(H,28,33). The highest BCUT2D eigenvalue weighted by molar-refractivity contribution is 7.99. The van der Waals surface area contributed by atoms with Gasteiger partial charge in [0.2, 0.25) is 11.8 Å². The fourth-order valence-electron chi connectivity index (χ4n) is 4.15. The molecule has 0 bridgehead atoms. The lowest BCUT2D eigenvalue weighted by molar-refractivity contribution is -0.117. The second-order valence-corrected chi connectivity index (χ2v) is 9.15. The number of hydrogen-bond acceptors (Lipinski definition) is 6. The molecular formula is C27H25N5O3S. The van der Waals surface area contributed by atoms with Gasteiger partial charge in [-0.15, -0.1) is 10.2 Å². The van der Waals surface area contributed by atoms with Crippen LogP contribution in [-0.2, 0) is 9.59 Å². The third-order valence-corrected chi connectivity index (χ3v) is 6.79. The third-order valence-electron chi connectivity index (χ3n) is 5.86. The van der Waals surface area contributed by atoms with E-state index in [4.69, 9.17) is 4.74 Å².